The molecule has 0 radical (unpaired) electrons. The second-order valence-electron chi connectivity index (χ2n) is 3.31. The van der Waals surface area contributed by atoms with Crippen LogP contribution in [0.3, 0.4) is 0 Å². The Labute approximate surface area is 80.6 Å². The van der Waals surface area contributed by atoms with Gasteiger partial charge < -0.3 is 0 Å². The standard InChI is InChI=1S/C11H17Cl/c1-8(2)11(9(3)4)7-6-10(5)12/h6-7,9H,1H2,2-5H3/b10-6+,11-7-. The van der Waals surface area contributed by atoms with Gasteiger partial charge in [0, 0.05) is 5.03 Å². The van der Waals surface area contributed by atoms with Crippen LogP contribution >= 0.6 is 11.6 Å². The number of halogens is 1. The van der Waals surface area contributed by atoms with Crippen molar-refractivity contribution in [3.63, 3.8) is 0 Å². The van der Waals surface area contributed by atoms with Crippen molar-refractivity contribution >= 4 is 11.6 Å². The van der Waals surface area contributed by atoms with Gasteiger partial charge in [0.2, 0.25) is 0 Å². The third-order valence-electron chi connectivity index (χ3n) is 1.61. The van der Waals surface area contributed by atoms with Crippen LogP contribution in [0.15, 0.2) is 34.9 Å². The molecule has 0 aliphatic heterocycles. The summed E-state index contributed by atoms with van der Waals surface area (Å²) in [5, 5.41) is 0.800. The lowest BCUT2D eigenvalue weighted by Gasteiger charge is -2.09. The van der Waals surface area contributed by atoms with Crippen LogP contribution < -0.4 is 0 Å². The first-order valence-corrected chi connectivity index (χ1v) is 4.52. The fourth-order valence-electron chi connectivity index (χ4n) is 1.03. The Morgan fingerprint density at radius 2 is 1.75 bits per heavy atom. The first kappa shape index (κ1) is 11.5. The quantitative estimate of drug-likeness (QED) is 0.575. The van der Waals surface area contributed by atoms with Gasteiger partial charge in [-0.15, -0.1) is 0 Å². The average Bonchev–Trinajstić information content (AvgIpc) is 1.84. The second-order valence-corrected chi connectivity index (χ2v) is 3.91. The molecule has 0 aliphatic carbocycles. The van der Waals surface area contributed by atoms with Crippen molar-refractivity contribution in [1.29, 1.82) is 0 Å². The topological polar surface area (TPSA) is 0 Å². The first-order valence-electron chi connectivity index (χ1n) is 4.15. The molecule has 12 heavy (non-hydrogen) atoms. The number of hydrogen-bond donors (Lipinski definition) is 0. The van der Waals surface area contributed by atoms with Crippen LogP contribution in [0.5, 0.6) is 0 Å². The summed E-state index contributed by atoms with van der Waals surface area (Å²) in [7, 11) is 0. The molecule has 0 aliphatic rings. The van der Waals surface area contributed by atoms with E-state index in [9.17, 15) is 0 Å². The second kappa shape index (κ2) is 5.21. The summed E-state index contributed by atoms with van der Waals surface area (Å²) in [6.07, 6.45) is 3.95. The fourth-order valence-corrected chi connectivity index (χ4v) is 1.10. The lowest BCUT2D eigenvalue weighted by Crippen LogP contribution is -1.93. The van der Waals surface area contributed by atoms with E-state index in [-0.39, 0.29) is 0 Å². The molecule has 0 saturated heterocycles. The molecule has 0 rings (SSSR count). The van der Waals surface area contributed by atoms with Gasteiger partial charge in [0.15, 0.2) is 0 Å². The molecule has 1 heteroatoms. The van der Waals surface area contributed by atoms with Crippen molar-refractivity contribution < 1.29 is 0 Å². The Hall–Kier alpha value is -0.490. The van der Waals surface area contributed by atoms with Gasteiger partial charge in [-0.2, -0.15) is 0 Å². The van der Waals surface area contributed by atoms with E-state index in [1.807, 2.05) is 26.0 Å². The monoisotopic (exact) mass is 184 g/mol. The molecule has 0 heterocycles. The summed E-state index contributed by atoms with van der Waals surface area (Å²) < 4.78 is 0. The maximum atomic E-state index is 5.72. The smallest absolute Gasteiger partial charge is 0.0150 e. The molecular weight excluding hydrogens is 168 g/mol. The zero-order valence-electron chi connectivity index (χ0n) is 8.32. The van der Waals surface area contributed by atoms with Gasteiger partial charge in [0.25, 0.3) is 0 Å². The summed E-state index contributed by atoms with van der Waals surface area (Å²) in [6.45, 7) is 12.1. The van der Waals surface area contributed by atoms with Gasteiger partial charge >= 0.3 is 0 Å². The fraction of sp³-hybridized carbons (Fsp3) is 0.455. The highest BCUT2D eigenvalue weighted by molar-refractivity contribution is 6.29. The van der Waals surface area contributed by atoms with E-state index in [0.717, 1.165) is 10.6 Å². The van der Waals surface area contributed by atoms with Crippen molar-refractivity contribution in [2.45, 2.75) is 27.7 Å². The van der Waals surface area contributed by atoms with Crippen LogP contribution in [0.4, 0.5) is 0 Å². The zero-order chi connectivity index (χ0) is 9.72. The van der Waals surface area contributed by atoms with E-state index >= 15 is 0 Å². The molecule has 0 bridgehead atoms. The summed E-state index contributed by atoms with van der Waals surface area (Å²) in [6, 6.07) is 0. The highest BCUT2D eigenvalue weighted by Gasteiger charge is 2.01. The molecule has 0 saturated carbocycles. The Morgan fingerprint density at radius 3 is 2.00 bits per heavy atom. The SMILES string of the molecule is C=C(C)/C(=C/C=C(\C)Cl)C(C)C. The molecule has 0 spiro atoms. The van der Waals surface area contributed by atoms with E-state index < -0.39 is 0 Å². The van der Waals surface area contributed by atoms with Gasteiger partial charge in [-0.05, 0) is 31.4 Å². The lowest BCUT2D eigenvalue weighted by molar-refractivity contribution is 0.779. The summed E-state index contributed by atoms with van der Waals surface area (Å²) in [5.74, 6) is 0.509. The molecule has 0 fully saturated rings. The Bertz CT molecular complexity index is 215. The Kier molecular flexibility index (Phi) is 5.00. The number of hydrogen-bond acceptors (Lipinski definition) is 0. The van der Waals surface area contributed by atoms with Gasteiger partial charge in [-0.25, -0.2) is 0 Å². The normalized spacial score (nSPS) is 13.8. The van der Waals surface area contributed by atoms with Gasteiger partial charge in [-0.3, -0.25) is 0 Å². The van der Waals surface area contributed by atoms with Crippen LogP contribution in [-0.4, -0.2) is 0 Å². The molecule has 0 atom stereocenters. The molecule has 0 aromatic carbocycles. The number of rotatable bonds is 3. The predicted octanol–water partition coefficient (Wildman–Crippen LogP) is 4.29. The largest absolute Gasteiger partial charge is 0.0958 e. The average molecular weight is 185 g/mol. The van der Waals surface area contributed by atoms with Crippen LogP contribution in [0.1, 0.15) is 27.7 Å². The van der Waals surface area contributed by atoms with Crippen LogP contribution in [0.25, 0.3) is 0 Å². The number of allylic oxidation sites excluding steroid dienone is 5. The highest BCUT2D eigenvalue weighted by atomic mass is 35.5. The van der Waals surface area contributed by atoms with E-state index in [1.54, 1.807) is 0 Å². The van der Waals surface area contributed by atoms with Gasteiger partial charge in [-0.1, -0.05) is 43.7 Å². The molecule has 0 amide bonds. The van der Waals surface area contributed by atoms with Crippen LogP contribution in [-0.2, 0) is 0 Å². The molecule has 0 nitrogen and oxygen atoms in total. The molecule has 68 valence electrons. The lowest BCUT2D eigenvalue weighted by atomic mass is 9.97. The van der Waals surface area contributed by atoms with Crippen molar-refractivity contribution in [2.75, 3.05) is 0 Å². The molecular formula is C11H17Cl. The zero-order valence-corrected chi connectivity index (χ0v) is 9.07. The highest BCUT2D eigenvalue weighted by Crippen LogP contribution is 2.18. The Morgan fingerprint density at radius 1 is 1.25 bits per heavy atom. The summed E-state index contributed by atoms with van der Waals surface area (Å²) in [4.78, 5) is 0. The van der Waals surface area contributed by atoms with Crippen LogP contribution in [0.2, 0.25) is 0 Å². The minimum atomic E-state index is 0.509. The summed E-state index contributed by atoms with van der Waals surface area (Å²) >= 11 is 5.72. The van der Waals surface area contributed by atoms with Crippen LogP contribution in [0, 0.1) is 5.92 Å². The van der Waals surface area contributed by atoms with E-state index in [4.69, 9.17) is 11.6 Å². The molecule has 0 N–H and O–H groups in total. The maximum Gasteiger partial charge on any atom is 0.0150 e. The van der Waals surface area contributed by atoms with Crippen molar-refractivity contribution in [2.24, 2.45) is 5.92 Å². The molecule has 0 aromatic rings. The van der Waals surface area contributed by atoms with Crippen molar-refractivity contribution in [1.82, 2.24) is 0 Å². The van der Waals surface area contributed by atoms with E-state index in [2.05, 4.69) is 20.4 Å². The Balaban J connectivity index is 4.63. The van der Waals surface area contributed by atoms with E-state index in [1.165, 1.54) is 5.57 Å². The molecule has 0 unspecified atom stereocenters. The predicted molar refractivity (Wildman–Crippen MR) is 57.3 cm³/mol. The molecule has 0 aromatic heterocycles. The van der Waals surface area contributed by atoms with Crippen molar-refractivity contribution in [3.8, 4) is 0 Å². The van der Waals surface area contributed by atoms with E-state index in [0.29, 0.717) is 5.92 Å². The maximum absolute atomic E-state index is 5.72. The van der Waals surface area contributed by atoms with Gasteiger partial charge in [0.1, 0.15) is 0 Å². The van der Waals surface area contributed by atoms with Gasteiger partial charge in [0.05, 0.1) is 0 Å². The first-order chi connectivity index (χ1) is 5.45. The third kappa shape index (κ3) is 4.40. The minimum Gasteiger partial charge on any atom is -0.0958 e. The third-order valence-corrected chi connectivity index (χ3v) is 1.73. The summed E-state index contributed by atoms with van der Waals surface area (Å²) in [5.41, 5.74) is 2.37. The minimum absolute atomic E-state index is 0.509. The van der Waals surface area contributed by atoms with Crippen molar-refractivity contribution in [3.05, 3.63) is 34.9 Å².